The molecule has 0 aliphatic heterocycles. The third kappa shape index (κ3) is 2.57. The molecule has 2 nitrogen and oxygen atoms in total. The SMILES string of the molecule is CCCc1c(Cc2ccccc2)n(C)c2ccccc2c1=O. The van der Waals surface area contributed by atoms with Crippen LogP contribution in [0.1, 0.15) is 30.2 Å². The van der Waals surface area contributed by atoms with E-state index in [-0.39, 0.29) is 5.43 Å². The van der Waals surface area contributed by atoms with Crippen LogP contribution in [0, 0.1) is 0 Å². The monoisotopic (exact) mass is 291 g/mol. The van der Waals surface area contributed by atoms with Crippen LogP contribution in [0.15, 0.2) is 59.4 Å². The van der Waals surface area contributed by atoms with Gasteiger partial charge in [-0.3, -0.25) is 4.79 Å². The second-order valence-corrected chi connectivity index (χ2v) is 5.74. The van der Waals surface area contributed by atoms with Gasteiger partial charge in [-0.1, -0.05) is 55.8 Å². The Morgan fingerprint density at radius 3 is 2.36 bits per heavy atom. The zero-order valence-corrected chi connectivity index (χ0v) is 13.2. The molecule has 0 saturated heterocycles. The molecule has 1 heterocycles. The molecule has 0 saturated carbocycles. The standard InChI is InChI=1S/C20H21NO/c1-3-9-16-19(14-15-10-5-4-6-11-15)21(2)18-13-8-7-12-17(18)20(16)22/h4-8,10-13H,3,9,14H2,1-2H3. The summed E-state index contributed by atoms with van der Waals surface area (Å²) >= 11 is 0. The first-order valence-electron chi connectivity index (χ1n) is 7.85. The molecular formula is C20H21NO. The van der Waals surface area contributed by atoms with Gasteiger partial charge in [0.2, 0.25) is 0 Å². The summed E-state index contributed by atoms with van der Waals surface area (Å²) in [5.41, 5.74) is 4.55. The van der Waals surface area contributed by atoms with Crippen LogP contribution in [0.25, 0.3) is 10.9 Å². The number of benzene rings is 2. The van der Waals surface area contributed by atoms with Gasteiger partial charge in [-0.05, 0) is 24.1 Å². The molecule has 0 radical (unpaired) electrons. The lowest BCUT2D eigenvalue weighted by atomic mass is 9.99. The Kier molecular flexibility index (Phi) is 4.10. The fraction of sp³-hybridized carbons (Fsp3) is 0.250. The predicted molar refractivity (Wildman–Crippen MR) is 92.4 cm³/mol. The Morgan fingerprint density at radius 2 is 1.64 bits per heavy atom. The van der Waals surface area contributed by atoms with Crippen molar-refractivity contribution < 1.29 is 0 Å². The molecule has 0 N–H and O–H groups in total. The summed E-state index contributed by atoms with van der Waals surface area (Å²) < 4.78 is 2.19. The van der Waals surface area contributed by atoms with E-state index in [1.54, 1.807) is 0 Å². The molecule has 0 bridgehead atoms. The van der Waals surface area contributed by atoms with Crippen LogP contribution in [-0.2, 0) is 19.9 Å². The number of rotatable bonds is 4. The van der Waals surface area contributed by atoms with Crippen LogP contribution in [-0.4, -0.2) is 4.57 Å². The van der Waals surface area contributed by atoms with E-state index in [4.69, 9.17) is 0 Å². The fourth-order valence-electron chi connectivity index (χ4n) is 3.12. The lowest BCUT2D eigenvalue weighted by Gasteiger charge is -2.17. The number of aromatic nitrogens is 1. The van der Waals surface area contributed by atoms with Crippen LogP contribution in [0.3, 0.4) is 0 Å². The van der Waals surface area contributed by atoms with Crippen LogP contribution in [0.4, 0.5) is 0 Å². The van der Waals surface area contributed by atoms with Gasteiger partial charge in [-0.25, -0.2) is 0 Å². The summed E-state index contributed by atoms with van der Waals surface area (Å²) in [5, 5.41) is 0.824. The highest BCUT2D eigenvalue weighted by Crippen LogP contribution is 2.19. The van der Waals surface area contributed by atoms with Crippen LogP contribution < -0.4 is 5.43 Å². The van der Waals surface area contributed by atoms with Gasteiger partial charge in [0, 0.05) is 30.1 Å². The number of hydrogen-bond acceptors (Lipinski definition) is 1. The van der Waals surface area contributed by atoms with Gasteiger partial charge >= 0.3 is 0 Å². The molecule has 0 fully saturated rings. The summed E-state index contributed by atoms with van der Waals surface area (Å²) in [6, 6.07) is 18.3. The minimum atomic E-state index is 0.196. The van der Waals surface area contributed by atoms with Crippen molar-refractivity contribution in [2.75, 3.05) is 0 Å². The molecule has 2 heteroatoms. The minimum absolute atomic E-state index is 0.196. The van der Waals surface area contributed by atoms with Gasteiger partial charge in [0.25, 0.3) is 0 Å². The summed E-state index contributed by atoms with van der Waals surface area (Å²) in [7, 11) is 2.07. The van der Waals surface area contributed by atoms with Crippen molar-refractivity contribution in [2.45, 2.75) is 26.2 Å². The van der Waals surface area contributed by atoms with Gasteiger partial charge in [0.05, 0.1) is 5.52 Å². The Hall–Kier alpha value is -2.35. The molecular weight excluding hydrogens is 270 g/mol. The lowest BCUT2D eigenvalue weighted by Crippen LogP contribution is -2.19. The lowest BCUT2D eigenvalue weighted by molar-refractivity contribution is 0.805. The zero-order chi connectivity index (χ0) is 15.5. The van der Waals surface area contributed by atoms with Crippen molar-refractivity contribution in [3.05, 3.63) is 81.6 Å². The maximum atomic E-state index is 12.9. The molecule has 2 aromatic carbocycles. The Labute approximate surface area is 131 Å². The molecule has 0 spiro atoms. The van der Waals surface area contributed by atoms with Gasteiger partial charge in [-0.15, -0.1) is 0 Å². The fourth-order valence-corrected chi connectivity index (χ4v) is 3.12. The first-order chi connectivity index (χ1) is 10.7. The van der Waals surface area contributed by atoms with Crippen LogP contribution in [0.2, 0.25) is 0 Å². The van der Waals surface area contributed by atoms with Crippen LogP contribution in [0.5, 0.6) is 0 Å². The Morgan fingerprint density at radius 1 is 0.955 bits per heavy atom. The topological polar surface area (TPSA) is 22.0 Å². The van der Waals surface area contributed by atoms with Gasteiger partial charge in [0.1, 0.15) is 0 Å². The number of hydrogen-bond donors (Lipinski definition) is 0. The van der Waals surface area contributed by atoms with E-state index in [1.807, 2.05) is 42.5 Å². The van der Waals surface area contributed by atoms with E-state index in [9.17, 15) is 4.79 Å². The van der Waals surface area contributed by atoms with Crippen molar-refractivity contribution in [1.29, 1.82) is 0 Å². The zero-order valence-electron chi connectivity index (χ0n) is 13.2. The number of nitrogens with zero attached hydrogens (tertiary/aromatic N) is 1. The third-order valence-corrected chi connectivity index (χ3v) is 4.25. The largest absolute Gasteiger partial charge is 0.347 e. The van der Waals surface area contributed by atoms with E-state index < -0.39 is 0 Å². The Balaban J connectivity index is 2.25. The highest BCUT2D eigenvalue weighted by molar-refractivity contribution is 5.80. The molecule has 3 rings (SSSR count). The molecule has 112 valence electrons. The summed E-state index contributed by atoms with van der Waals surface area (Å²) in [4.78, 5) is 12.9. The predicted octanol–water partition coefficient (Wildman–Crippen LogP) is 4.08. The second kappa shape index (κ2) is 6.18. The van der Waals surface area contributed by atoms with Crippen LogP contribution >= 0.6 is 0 Å². The highest BCUT2D eigenvalue weighted by atomic mass is 16.1. The number of aryl methyl sites for hydroxylation is 1. The highest BCUT2D eigenvalue weighted by Gasteiger charge is 2.14. The molecule has 0 amide bonds. The van der Waals surface area contributed by atoms with Gasteiger partial charge in [-0.2, -0.15) is 0 Å². The van der Waals surface area contributed by atoms with E-state index in [1.165, 1.54) is 5.56 Å². The minimum Gasteiger partial charge on any atom is -0.347 e. The molecule has 0 atom stereocenters. The maximum Gasteiger partial charge on any atom is 0.192 e. The average molecular weight is 291 g/mol. The van der Waals surface area contributed by atoms with Gasteiger partial charge in [0.15, 0.2) is 5.43 Å². The van der Waals surface area contributed by atoms with Crippen molar-refractivity contribution in [2.24, 2.45) is 7.05 Å². The van der Waals surface area contributed by atoms with Crippen molar-refractivity contribution in [3.63, 3.8) is 0 Å². The number of fused-ring (bicyclic) bond motifs is 1. The van der Waals surface area contributed by atoms with E-state index in [0.29, 0.717) is 0 Å². The van der Waals surface area contributed by atoms with E-state index in [0.717, 1.165) is 41.4 Å². The smallest absolute Gasteiger partial charge is 0.192 e. The molecule has 0 unspecified atom stereocenters. The van der Waals surface area contributed by atoms with E-state index in [2.05, 4.69) is 30.7 Å². The molecule has 3 aromatic rings. The summed E-state index contributed by atoms with van der Waals surface area (Å²) in [6.45, 7) is 2.13. The summed E-state index contributed by atoms with van der Waals surface area (Å²) in [6.07, 6.45) is 2.61. The van der Waals surface area contributed by atoms with Gasteiger partial charge < -0.3 is 4.57 Å². The average Bonchev–Trinajstić information content (AvgIpc) is 2.57. The normalized spacial score (nSPS) is 11.0. The first kappa shape index (κ1) is 14.6. The third-order valence-electron chi connectivity index (χ3n) is 4.25. The number of para-hydroxylation sites is 1. The van der Waals surface area contributed by atoms with Crippen molar-refractivity contribution in [3.8, 4) is 0 Å². The summed E-state index contributed by atoms with van der Waals surface area (Å²) in [5.74, 6) is 0. The molecule has 0 aliphatic carbocycles. The molecule has 22 heavy (non-hydrogen) atoms. The van der Waals surface area contributed by atoms with Crippen molar-refractivity contribution in [1.82, 2.24) is 4.57 Å². The molecule has 0 aliphatic rings. The second-order valence-electron chi connectivity index (χ2n) is 5.74. The Bertz CT molecular complexity index is 847. The first-order valence-corrected chi connectivity index (χ1v) is 7.85. The van der Waals surface area contributed by atoms with E-state index >= 15 is 0 Å². The molecule has 1 aromatic heterocycles. The quantitative estimate of drug-likeness (QED) is 0.710. The van der Waals surface area contributed by atoms with Crippen molar-refractivity contribution >= 4 is 10.9 Å². The maximum absolute atomic E-state index is 12.9. The number of pyridine rings is 1.